The summed E-state index contributed by atoms with van der Waals surface area (Å²) >= 11 is 5.39. The Morgan fingerprint density at radius 1 is 1.07 bits per heavy atom. The van der Waals surface area contributed by atoms with Crippen LogP contribution in [0.2, 0.25) is 0 Å². The molecular formula is C24H23N3O2S. The molecular weight excluding hydrogens is 394 g/mol. The van der Waals surface area contributed by atoms with E-state index in [0.717, 1.165) is 27.8 Å². The molecule has 0 bridgehead atoms. The Morgan fingerprint density at radius 2 is 1.80 bits per heavy atom. The topological polar surface area (TPSA) is 62.4 Å². The summed E-state index contributed by atoms with van der Waals surface area (Å²) in [6, 6.07) is 21.2. The molecule has 3 aromatic carbocycles. The van der Waals surface area contributed by atoms with Crippen molar-refractivity contribution in [2.75, 3.05) is 11.9 Å². The monoisotopic (exact) mass is 417 g/mol. The van der Waals surface area contributed by atoms with Crippen molar-refractivity contribution in [2.24, 2.45) is 0 Å². The van der Waals surface area contributed by atoms with Crippen LogP contribution < -0.4 is 20.7 Å². The van der Waals surface area contributed by atoms with Crippen molar-refractivity contribution >= 4 is 39.7 Å². The standard InChI is InChI=1S/C24H23N3O2S/c1-3-29-18-13-11-17(12-14-18)26-23(28)21-15(2)25-24(30)27-22(21)20-10-6-8-16-7-4-5-9-19(16)20/h4-14,22H,3H2,1-2H3,(H,26,28)(H2,25,27,30)/t22-/m0/s1. The van der Waals surface area contributed by atoms with Crippen LogP contribution in [0.1, 0.15) is 25.5 Å². The number of allylic oxidation sites excluding steroid dienone is 1. The molecule has 1 atom stereocenters. The van der Waals surface area contributed by atoms with E-state index in [1.807, 2.05) is 62.4 Å². The van der Waals surface area contributed by atoms with Crippen LogP contribution in [0, 0.1) is 0 Å². The fourth-order valence-electron chi connectivity index (χ4n) is 3.73. The Balaban J connectivity index is 1.69. The predicted octanol–water partition coefficient (Wildman–Crippen LogP) is 4.67. The summed E-state index contributed by atoms with van der Waals surface area (Å²) in [6.07, 6.45) is 0. The molecule has 1 heterocycles. The van der Waals surface area contributed by atoms with Crippen LogP contribution in [-0.2, 0) is 4.79 Å². The quantitative estimate of drug-likeness (QED) is 0.527. The third-order valence-electron chi connectivity index (χ3n) is 5.07. The van der Waals surface area contributed by atoms with Crippen molar-refractivity contribution in [1.82, 2.24) is 10.6 Å². The molecule has 0 unspecified atom stereocenters. The van der Waals surface area contributed by atoms with Crippen molar-refractivity contribution in [3.05, 3.63) is 83.6 Å². The van der Waals surface area contributed by atoms with Gasteiger partial charge in [0.05, 0.1) is 18.2 Å². The largest absolute Gasteiger partial charge is 0.494 e. The SMILES string of the molecule is CCOc1ccc(NC(=O)C2=C(C)NC(=S)N[C@H]2c2cccc3ccccc23)cc1. The van der Waals surface area contributed by atoms with Crippen molar-refractivity contribution in [1.29, 1.82) is 0 Å². The number of carbonyl (C=O) groups is 1. The minimum absolute atomic E-state index is 0.183. The molecule has 1 aliphatic heterocycles. The van der Waals surface area contributed by atoms with E-state index in [4.69, 9.17) is 17.0 Å². The highest BCUT2D eigenvalue weighted by Crippen LogP contribution is 2.32. The Labute approximate surface area is 181 Å². The number of thiocarbonyl (C=S) groups is 1. The fraction of sp³-hybridized carbons (Fsp3) is 0.167. The van der Waals surface area contributed by atoms with Crippen molar-refractivity contribution in [2.45, 2.75) is 19.9 Å². The molecule has 1 amide bonds. The molecule has 3 N–H and O–H groups in total. The van der Waals surface area contributed by atoms with Crippen LogP contribution >= 0.6 is 12.2 Å². The van der Waals surface area contributed by atoms with E-state index in [1.54, 1.807) is 0 Å². The summed E-state index contributed by atoms with van der Waals surface area (Å²) < 4.78 is 5.47. The van der Waals surface area contributed by atoms with Crippen LogP contribution in [-0.4, -0.2) is 17.6 Å². The first-order valence-corrected chi connectivity index (χ1v) is 10.3. The highest BCUT2D eigenvalue weighted by Gasteiger charge is 2.30. The highest BCUT2D eigenvalue weighted by molar-refractivity contribution is 7.80. The molecule has 0 aliphatic carbocycles. The van der Waals surface area contributed by atoms with E-state index in [9.17, 15) is 4.79 Å². The third-order valence-corrected chi connectivity index (χ3v) is 5.29. The van der Waals surface area contributed by atoms with Gasteiger partial charge in [-0.3, -0.25) is 4.79 Å². The summed E-state index contributed by atoms with van der Waals surface area (Å²) in [5, 5.41) is 12.1. The number of rotatable bonds is 5. The number of hydrogen-bond donors (Lipinski definition) is 3. The Kier molecular flexibility index (Phi) is 5.68. The smallest absolute Gasteiger partial charge is 0.255 e. The number of amides is 1. The first-order valence-electron chi connectivity index (χ1n) is 9.87. The van der Waals surface area contributed by atoms with Crippen LogP contribution in [0.25, 0.3) is 10.8 Å². The Bertz CT molecular complexity index is 1130. The van der Waals surface area contributed by atoms with Crippen molar-refractivity contribution in [3.63, 3.8) is 0 Å². The van der Waals surface area contributed by atoms with E-state index < -0.39 is 0 Å². The number of ether oxygens (including phenoxy) is 1. The van der Waals surface area contributed by atoms with Gasteiger partial charge in [0, 0.05) is 11.4 Å². The first-order chi connectivity index (χ1) is 14.6. The molecule has 5 nitrogen and oxygen atoms in total. The molecule has 0 spiro atoms. The van der Waals surface area contributed by atoms with Gasteiger partial charge in [0.1, 0.15) is 5.75 Å². The predicted molar refractivity (Wildman–Crippen MR) is 124 cm³/mol. The second-order valence-corrected chi connectivity index (χ2v) is 7.46. The van der Waals surface area contributed by atoms with Crippen LogP contribution in [0.15, 0.2) is 78.0 Å². The molecule has 152 valence electrons. The zero-order valence-corrected chi connectivity index (χ0v) is 17.7. The lowest BCUT2D eigenvalue weighted by Crippen LogP contribution is -2.45. The second kappa shape index (κ2) is 8.55. The van der Waals surface area contributed by atoms with Gasteiger partial charge in [-0.1, -0.05) is 42.5 Å². The second-order valence-electron chi connectivity index (χ2n) is 7.05. The molecule has 0 saturated carbocycles. The maximum Gasteiger partial charge on any atom is 0.255 e. The molecule has 0 radical (unpaired) electrons. The number of fused-ring (bicyclic) bond motifs is 1. The van der Waals surface area contributed by atoms with Crippen LogP contribution in [0.5, 0.6) is 5.75 Å². The number of nitrogens with one attached hydrogen (secondary N) is 3. The Hall–Kier alpha value is -3.38. The van der Waals surface area contributed by atoms with Gasteiger partial charge in [0.2, 0.25) is 0 Å². The molecule has 0 saturated heterocycles. The molecule has 6 heteroatoms. The van der Waals surface area contributed by atoms with Gasteiger partial charge in [-0.25, -0.2) is 0 Å². The lowest BCUT2D eigenvalue weighted by Gasteiger charge is -2.31. The maximum atomic E-state index is 13.3. The highest BCUT2D eigenvalue weighted by atomic mass is 32.1. The molecule has 30 heavy (non-hydrogen) atoms. The summed E-state index contributed by atoms with van der Waals surface area (Å²) in [7, 11) is 0. The van der Waals surface area contributed by atoms with Crippen molar-refractivity contribution in [3.8, 4) is 5.75 Å². The summed E-state index contributed by atoms with van der Waals surface area (Å²) in [5.41, 5.74) is 3.05. The van der Waals surface area contributed by atoms with Crippen LogP contribution in [0.3, 0.4) is 0 Å². The van der Waals surface area contributed by atoms with E-state index in [0.29, 0.717) is 23.0 Å². The van der Waals surface area contributed by atoms with E-state index in [1.165, 1.54) is 0 Å². The lowest BCUT2D eigenvalue weighted by molar-refractivity contribution is -0.113. The van der Waals surface area contributed by atoms with E-state index in [-0.39, 0.29) is 11.9 Å². The zero-order chi connectivity index (χ0) is 21.1. The van der Waals surface area contributed by atoms with Gasteiger partial charge < -0.3 is 20.7 Å². The van der Waals surface area contributed by atoms with Gasteiger partial charge in [-0.05, 0) is 66.7 Å². The Morgan fingerprint density at radius 3 is 2.57 bits per heavy atom. The van der Waals surface area contributed by atoms with Gasteiger partial charge in [0.15, 0.2) is 5.11 Å². The molecule has 1 aliphatic rings. The molecule has 3 aromatic rings. The van der Waals surface area contributed by atoms with E-state index in [2.05, 4.69) is 34.1 Å². The molecule has 0 fully saturated rings. The number of hydrogen-bond acceptors (Lipinski definition) is 3. The minimum Gasteiger partial charge on any atom is -0.494 e. The average Bonchev–Trinajstić information content (AvgIpc) is 2.74. The maximum absolute atomic E-state index is 13.3. The number of benzene rings is 3. The summed E-state index contributed by atoms with van der Waals surface area (Å²) in [5.74, 6) is 0.586. The zero-order valence-electron chi connectivity index (χ0n) is 16.9. The number of carbonyl (C=O) groups excluding carboxylic acids is 1. The summed E-state index contributed by atoms with van der Waals surface area (Å²) in [4.78, 5) is 13.3. The van der Waals surface area contributed by atoms with Gasteiger partial charge >= 0.3 is 0 Å². The molecule has 0 aromatic heterocycles. The van der Waals surface area contributed by atoms with Gasteiger partial charge in [0.25, 0.3) is 5.91 Å². The number of anilines is 1. The normalized spacial score (nSPS) is 16.1. The lowest BCUT2D eigenvalue weighted by atomic mass is 9.91. The van der Waals surface area contributed by atoms with E-state index >= 15 is 0 Å². The fourth-order valence-corrected chi connectivity index (χ4v) is 4.00. The van der Waals surface area contributed by atoms with Gasteiger partial charge in [-0.2, -0.15) is 0 Å². The molecule has 4 rings (SSSR count). The van der Waals surface area contributed by atoms with Crippen molar-refractivity contribution < 1.29 is 9.53 Å². The average molecular weight is 418 g/mol. The first kappa shape index (κ1) is 19.9. The summed E-state index contributed by atoms with van der Waals surface area (Å²) in [6.45, 7) is 4.41. The third kappa shape index (κ3) is 4.00. The van der Waals surface area contributed by atoms with Gasteiger partial charge in [-0.15, -0.1) is 0 Å². The van der Waals surface area contributed by atoms with Crippen LogP contribution in [0.4, 0.5) is 5.69 Å². The minimum atomic E-state index is -0.354.